The van der Waals surface area contributed by atoms with Gasteiger partial charge in [-0.25, -0.2) is 0 Å². The van der Waals surface area contributed by atoms with Crippen LogP contribution in [0.15, 0.2) is 0 Å². The fourth-order valence-corrected chi connectivity index (χ4v) is 2.55. The summed E-state index contributed by atoms with van der Waals surface area (Å²) < 4.78 is 26.6. The molecule has 0 aromatic rings. The van der Waals surface area contributed by atoms with Gasteiger partial charge >= 0.3 is 0 Å². The molecule has 0 saturated heterocycles. The summed E-state index contributed by atoms with van der Waals surface area (Å²) in [4.78, 5) is 0. The first kappa shape index (κ1) is 10.9. The Morgan fingerprint density at radius 2 is 2.15 bits per heavy atom. The molecule has 5 heteroatoms. The molecule has 0 aromatic heterocycles. The Kier molecular flexibility index (Phi) is 3.70. The van der Waals surface area contributed by atoms with Crippen molar-refractivity contribution >= 4 is 10.1 Å². The maximum absolute atomic E-state index is 10.9. The van der Waals surface area contributed by atoms with Crippen molar-refractivity contribution in [1.82, 2.24) is 0 Å². The number of aliphatic hydroxyl groups is 1. The van der Waals surface area contributed by atoms with E-state index in [1.54, 1.807) is 0 Å². The Bertz CT molecular complexity index is 247. The fraction of sp³-hybridized carbons (Fsp3) is 1.00. The highest BCUT2D eigenvalue weighted by atomic mass is 32.2. The molecule has 0 aromatic carbocycles. The van der Waals surface area contributed by atoms with Crippen molar-refractivity contribution in [2.75, 3.05) is 12.9 Å². The lowest BCUT2D eigenvalue weighted by Crippen LogP contribution is -2.22. The lowest BCUT2D eigenvalue weighted by Gasteiger charge is -2.17. The zero-order valence-electron chi connectivity index (χ0n) is 7.77. The summed E-state index contributed by atoms with van der Waals surface area (Å²) in [7, 11) is -3.34. The minimum atomic E-state index is -3.34. The summed E-state index contributed by atoms with van der Waals surface area (Å²) in [5.41, 5.74) is 0. The van der Waals surface area contributed by atoms with Gasteiger partial charge in [-0.1, -0.05) is 6.42 Å². The van der Waals surface area contributed by atoms with Crippen LogP contribution in [0.5, 0.6) is 0 Å². The largest absolute Gasteiger partial charge is 0.396 e. The third-order valence-electron chi connectivity index (χ3n) is 2.39. The molecule has 1 rings (SSSR count). The Morgan fingerprint density at radius 3 is 2.69 bits per heavy atom. The predicted octanol–water partition coefficient (Wildman–Crippen LogP) is 0.514. The van der Waals surface area contributed by atoms with Crippen molar-refractivity contribution in [2.45, 2.75) is 31.8 Å². The zero-order chi connectivity index (χ0) is 9.90. The number of rotatable bonds is 4. The zero-order valence-corrected chi connectivity index (χ0v) is 8.59. The Morgan fingerprint density at radius 1 is 1.46 bits per heavy atom. The van der Waals surface area contributed by atoms with Gasteiger partial charge in [0.2, 0.25) is 0 Å². The Hall–Kier alpha value is -0.130. The van der Waals surface area contributed by atoms with Gasteiger partial charge in [-0.3, -0.25) is 4.18 Å². The van der Waals surface area contributed by atoms with Crippen molar-refractivity contribution in [1.29, 1.82) is 0 Å². The second-order valence-electron chi connectivity index (χ2n) is 3.54. The summed E-state index contributed by atoms with van der Waals surface area (Å²) in [6.07, 6.45) is 4.24. The average Bonchev–Trinajstić information content (AvgIpc) is 2.34. The van der Waals surface area contributed by atoms with Crippen LogP contribution < -0.4 is 0 Å². The Labute approximate surface area is 79.0 Å². The van der Waals surface area contributed by atoms with Crippen LogP contribution in [0.3, 0.4) is 0 Å². The van der Waals surface area contributed by atoms with E-state index in [0.717, 1.165) is 25.5 Å². The molecule has 0 bridgehead atoms. The summed E-state index contributed by atoms with van der Waals surface area (Å²) in [6, 6.07) is 0. The molecule has 0 amide bonds. The number of aliphatic hydroxyl groups excluding tert-OH is 1. The quantitative estimate of drug-likeness (QED) is 0.684. The molecular weight excluding hydrogens is 192 g/mol. The van der Waals surface area contributed by atoms with E-state index in [1.807, 2.05) is 0 Å². The molecule has 1 saturated carbocycles. The predicted molar refractivity (Wildman–Crippen MR) is 48.8 cm³/mol. The van der Waals surface area contributed by atoms with Crippen LogP contribution in [0.25, 0.3) is 0 Å². The van der Waals surface area contributed by atoms with Crippen LogP contribution >= 0.6 is 0 Å². The van der Waals surface area contributed by atoms with Gasteiger partial charge in [0.1, 0.15) is 0 Å². The molecular formula is C8H16O4S. The smallest absolute Gasteiger partial charge is 0.264 e. The highest BCUT2D eigenvalue weighted by Crippen LogP contribution is 2.31. The normalized spacial score (nSPS) is 29.4. The lowest BCUT2D eigenvalue weighted by molar-refractivity contribution is 0.142. The van der Waals surface area contributed by atoms with Crippen LogP contribution in [-0.2, 0) is 14.3 Å². The van der Waals surface area contributed by atoms with Gasteiger partial charge in [0.25, 0.3) is 10.1 Å². The van der Waals surface area contributed by atoms with Gasteiger partial charge in [0, 0.05) is 6.61 Å². The molecule has 1 aliphatic rings. The van der Waals surface area contributed by atoms with E-state index in [-0.39, 0.29) is 18.6 Å². The fourth-order valence-electron chi connectivity index (χ4n) is 1.85. The minimum absolute atomic E-state index is 0.105. The van der Waals surface area contributed by atoms with E-state index in [4.69, 9.17) is 9.29 Å². The van der Waals surface area contributed by atoms with Crippen LogP contribution in [0.4, 0.5) is 0 Å². The molecule has 0 heterocycles. The van der Waals surface area contributed by atoms with Gasteiger partial charge in [0.15, 0.2) is 0 Å². The van der Waals surface area contributed by atoms with Gasteiger partial charge in [-0.05, 0) is 25.2 Å². The van der Waals surface area contributed by atoms with E-state index >= 15 is 0 Å². The van der Waals surface area contributed by atoms with E-state index < -0.39 is 10.1 Å². The lowest BCUT2D eigenvalue weighted by atomic mass is 10.0. The molecule has 0 aliphatic heterocycles. The monoisotopic (exact) mass is 208 g/mol. The average molecular weight is 208 g/mol. The van der Waals surface area contributed by atoms with Crippen LogP contribution in [0, 0.1) is 5.92 Å². The van der Waals surface area contributed by atoms with Crippen molar-refractivity contribution in [3.63, 3.8) is 0 Å². The standard InChI is InChI=1S/C8H16O4S/c1-13(10,11)12-8-4-2-3-7(8)5-6-9/h7-9H,2-6H2,1H3. The van der Waals surface area contributed by atoms with Crippen molar-refractivity contribution < 1.29 is 17.7 Å². The number of hydrogen-bond donors (Lipinski definition) is 1. The highest BCUT2D eigenvalue weighted by Gasteiger charge is 2.30. The van der Waals surface area contributed by atoms with E-state index in [1.165, 1.54) is 0 Å². The van der Waals surface area contributed by atoms with Crippen LogP contribution in [0.1, 0.15) is 25.7 Å². The van der Waals surface area contributed by atoms with Gasteiger partial charge in [0.05, 0.1) is 12.4 Å². The first-order valence-corrected chi connectivity index (χ1v) is 6.33. The summed E-state index contributed by atoms with van der Waals surface area (Å²) in [5.74, 6) is 0.208. The molecule has 0 spiro atoms. The molecule has 78 valence electrons. The van der Waals surface area contributed by atoms with Crippen molar-refractivity contribution in [2.24, 2.45) is 5.92 Å². The molecule has 13 heavy (non-hydrogen) atoms. The first-order valence-electron chi connectivity index (χ1n) is 4.52. The molecule has 4 nitrogen and oxygen atoms in total. The summed E-state index contributed by atoms with van der Waals surface area (Å²) in [6.45, 7) is 0.105. The molecule has 2 unspecified atom stereocenters. The molecule has 1 aliphatic carbocycles. The van der Waals surface area contributed by atoms with Gasteiger partial charge in [-0.2, -0.15) is 8.42 Å². The third-order valence-corrected chi connectivity index (χ3v) is 2.98. The first-order chi connectivity index (χ1) is 6.03. The molecule has 1 fully saturated rings. The molecule has 0 radical (unpaired) electrons. The van der Waals surface area contributed by atoms with E-state index in [0.29, 0.717) is 6.42 Å². The van der Waals surface area contributed by atoms with Crippen molar-refractivity contribution in [3.05, 3.63) is 0 Å². The van der Waals surface area contributed by atoms with Crippen LogP contribution in [0.2, 0.25) is 0 Å². The summed E-state index contributed by atoms with van der Waals surface area (Å²) >= 11 is 0. The van der Waals surface area contributed by atoms with E-state index in [2.05, 4.69) is 0 Å². The maximum Gasteiger partial charge on any atom is 0.264 e. The maximum atomic E-state index is 10.9. The third kappa shape index (κ3) is 3.62. The molecule has 1 N–H and O–H groups in total. The van der Waals surface area contributed by atoms with Gasteiger partial charge < -0.3 is 5.11 Å². The van der Waals surface area contributed by atoms with Gasteiger partial charge in [-0.15, -0.1) is 0 Å². The second-order valence-corrected chi connectivity index (χ2v) is 5.14. The summed E-state index contributed by atoms with van der Waals surface area (Å²) in [5, 5.41) is 8.74. The SMILES string of the molecule is CS(=O)(=O)OC1CCCC1CCO. The number of hydrogen-bond acceptors (Lipinski definition) is 4. The van der Waals surface area contributed by atoms with E-state index in [9.17, 15) is 8.42 Å². The minimum Gasteiger partial charge on any atom is -0.396 e. The van der Waals surface area contributed by atoms with Crippen molar-refractivity contribution in [3.8, 4) is 0 Å². The topological polar surface area (TPSA) is 63.6 Å². The highest BCUT2D eigenvalue weighted by molar-refractivity contribution is 7.86. The second kappa shape index (κ2) is 4.39. The Balaban J connectivity index is 2.49. The van der Waals surface area contributed by atoms with Crippen LogP contribution in [-0.4, -0.2) is 32.5 Å². The molecule has 2 atom stereocenters.